The first-order valence-electron chi connectivity index (χ1n) is 9.98. The zero-order valence-electron chi connectivity index (χ0n) is 16.0. The maximum absolute atomic E-state index is 11.9. The summed E-state index contributed by atoms with van der Waals surface area (Å²) in [5.74, 6) is 1.52. The van der Waals surface area contributed by atoms with Crippen molar-refractivity contribution in [2.45, 2.75) is 71.3 Å². The number of rotatable bonds is 6. The summed E-state index contributed by atoms with van der Waals surface area (Å²) in [4.78, 5) is 34.7. The van der Waals surface area contributed by atoms with Gasteiger partial charge in [0, 0.05) is 31.7 Å². The number of nitrogens with zero attached hydrogens (tertiary/aromatic N) is 3. The zero-order valence-corrected chi connectivity index (χ0v) is 16.0. The fourth-order valence-electron chi connectivity index (χ4n) is 4.10. The first-order chi connectivity index (χ1) is 12.6. The molecule has 1 amide bonds. The molecule has 1 aromatic heterocycles. The van der Waals surface area contributed by atoms with Crippen molar-refractivity contribution in [1.82, 2.24) is 14.9 Å². The topological polar surface area (TPSA) is 75.2 Å². The summed E-state index contributed by atoms with van der Waals surface area (Å²) in [6.45, 7) is 5.06. The van der Waals surface area contributed by atoms with Crippen LogP contribution in [0, 0.1) is 5.92 Å². The van der Waals surface area contributed by atoms with E-state index in [1.165, 1.54) is 25.7 Å². The third-order valence-electron chi connectivity index (χ3n) is 5.69. The third kappa shape index (κ3) is 4.59. The van der Waals surface area contributed by atoms with Crippen molar-refractivity contribution >= 4 is 17.6 Å². The molecular weight excluding hydrogens is 328 g/mol. The molecule has 2 aliphatic rings. The van der Waals surface area contributed by atoms with Crippen molar-refractivity contribution < 1.29 is 9.59 Å². The maximum atomic E-state index is 11.9. The Morgan fingerprint density at radius 3 is 2.50 bits per heavy atom. The molecule has 26 heavy (non-hydrogen) atoms. The Hall–Kier alpha value is -1.98. The minimum absolute atomic E-state index is 0.0379. The number of nitrogens with one attached hydrogen (secondary N) is 1. The molecule has 0 radical (unpaired) electrons. The second kappa shape index (κ2) is 8.60. The van der Waals surface area contributed by atoms with E-state index in [-0.39, 0.29) is 17.7 Å². The lowest BCUT2D eigenvalue weighted by atomic mass is 9.98. The van der Waals surface area contributed by atoms with E-state index in [1.807, 2.05) is 11.8 Å². The van der Waals surface area contributed by atoms with E-state index < -0.39 is 0 Å². The monoisotopic (exact) mass is 358 g/mol. The van der Waals surface area contributed by atoms with Gasteiger partial charge in [0.15, 0.2) is 5.78 Å². The molecule has 1 N–H and O–H groups in total. The van der Waals surface area contributed by atoms with Gasteiger partial charge >= 0.3 is 0 Å². The van der Waals surface area contributed by atoms with Crippen molar-refractivity contribution in [3.8, 4) is 0 Å². The number of anilines is 1. The Labute approximate surface area is 155 Å². The van der Waals surface area contributed by atoms with Gasteiger partial charge in [0.05, 0.1) is 11.3 Å². The number of carbonyl (C=O) groups excluding carboxylic acids is 2. The van der Waals surface area contributed by atoms with Gasteiger partial charge in [0.25, 0.3) is 0 Å². The van der Waals surface area contributed by atoms with Gasteiger partial charge in [-0.05, 0) is 32.1 Å². The van der Waals surface area contributed by atoms with Gasteiger partial charge < -0.3 is 10.2 Å². The Kier molecular flexibility index (Phi) is 6.22. The van der Waals surface area contributed by atoms with Crippen molar-refractivity contribution in [1.29, 1.82) is 0 Å². The van der Waals surface area contributed by atoms with Crippen LogP contribution >= 0.6 is 0 Å². The molecule has 3 rings (SSSR count). The van der Waals surface area contributed by atoms with E-state index in [0.29, 0.717) is 23.9 Å². The second-order valence-corrected chi connectivity index (χ2v) is 7.62. The van der Waals surface area contributed by atoms with Crippen LogP contribution in [-0.4, -0.2) is 45.7 Å². The van der Waals surface area contributed by atoms with Crippen LogP contribution in [0.2, 0.25) is 0 Å². The van der Waals surface area contributed by atoms with Crippen molar-refractivity contribution in [2.24, 2.45) is 5.92 Å². The molecule has 6 heteroatoms. The predicted octanol–water partition coefficient (Wildman–Crippen LogP) is 3.22. The van der Waals surface area contributed by atoms with Crippen LogP contribution in [0.5, 0.6) is 0 Å². The SMILES string of the molecule is CCC(=O)N1CCC(Nc2ncc(C(C)=O)c(CC3CCCC3)n2)CC1. The van der Waals surface area contributed by atoms with E-state index in [9.17, 15) is 9.59 Å². The number of aromatic nitrogens is 2. The largest absolute Gasteiger partial charge is 0.351 e. The predicted molar refractivity (Wildman–Crippen MR) is 101 cm³/mol. The molecule has 1 aliphatic heterocycles. The minimum atomic E-state index is 0.0379. The molecule has 0 atom stereocenters. The molecule has 1 saturated heterocycles. The van der Waals surface area contributed by atoms with Crippen molar-refractivity contribution in [3.63, 3.8) is 0 Å². The van der Waals surface area contributed by atoms with Crippen LogP contribution in [0.4, 0.5) is 5.95 Å². The third-order valence-corrected chi connectivity index (χ3v) is 5.69. The lowest BCUT2D eigenvalue weighted by Crippen LogP contribution is -2.42. The number of carbonyl (C=O) groups is 2. The van der Waals surface area contributed by atoms with Gasteiger partial charge in [-0.25, -0.2) is 9.97 Å². The molecule has 0 unspecified atom stereocenters. The van der Waals surface area contributed by atoms with Gasteiger partial charge in [-0.2, -0.15) is 0 Å². The maximum Gasteiger partial charge on any atom is 0.223 e. The van der Waals surface area contributed by atoms with E-state index >= 15 is 0 Å². The molecule has 0 aromatic carbocycles. The summed E-state index contributed by atoms with van der Waals surface area (Å²) in [6, 6.07) is 0.276. The van der Waals surface area contributed by atoms with E-state index in [4.69, 9.17) is 4.98 Å². The number of piperidine rings is 1. The summed E-state index contributed by atoms with van der Waals surface area (Å²) < 4.78 is 0. The van der Waals surface area contributed by atoms with E-state index in [0.717, 1.165) is 38.0 Å². The number of Topliss-reactive ketones (excluding diaryl/α,β-unsaturated/α-hetero) is 1. The van der Waals surface area contributed by atoms with Crippen LogP contribution in [-0.2, 0) is 11.2 Å². The van der Waals surface area contributed by atoms with Crippen molar-refractivity contribution in [3.05, 3.63) is 17.5 Å². The number of amides is 1. The standard InChI is InChI=1S/C20H30N4O2/c1-3-19(26)24-10-8-16(9-11-24)22-20-21-13-17(14(2)25)18(23-20)12-15-6-4-5-7-15/h13,15-16H,3-12H2,1-2H3,(H,21,22,23). The molecule has 0 bridgehead atoms. The van der Waals surface area contributed by atoms with Crippen LogP contribution in [0.15, 0.2) is 6.20 Å². The van der Waals surface area contributed by atoms with Crippen molar-refractivity contribution in [2.75, 3.05) is 18.4 Å². The molecule has 2 heterocycles. The minimum Gasteiger partial charge on any atom is -0.351 e. The molecular formula is C20H30N4O2. The first-order valence-corrected chi connectivity index (χ1v) is 9.98. The lowest BCUT2D eigenvalue weighted by Gasteiger charge is -2.32. The van der Waals surface area contributed by atoms with Gasteiger partial charge in [0.2, 0.25) is 11.9 Å². The van der Waals surface area contributed by atoms with Gasteiger partial charge in [-0.1, -0.05) is 32.6 Å². The van der Waals surface area contributed by atoms with E-state index in [1.54, 1.807) is 13.1 Å². The molecule has 142 valence electrons. The first kappa shape index (κ1) is 18.8. The van der Waals surface area contributed by atoms with Crippen LogP contribution in [0.3, 0.4) is 0 Å². The number of hydrogen-bond acceptors (Lipinski definition) is 5. The molecule has 1 aromatic rings. The van der Waals surface area contributed by atoms with Crippen LogP contribution < -0.4 is 5.32 Å². The molecule has 1 saturated carbocycles. The normalized spacial score (nSPS) is 18.9. The Morgan fingerprint density at radius 2 is 1.88 bits per heavy atom. The average molecular weight is 358 g/mol. The van der Waals surface area contributed by atoms with E-state index in [2.05, 4.69) is 10.3 Å². The smallest absolute Gasteiger partial charge is 0.223 e. The molecule has 1 aliphatic carbocycles. The number of likely N-dealkylation sites (tertiary alicyclic amines) is 1. The summed E-state index contributed by atoms with van der Waals surface area (Å²) in [5, 5.41) is 3.42. The highest BCUT2D eigenvalue weighted by Crippen LogP contribution is 2.29. The highest BCUT2D eigenvalue weighted by atomic mass is 16.2. The molecule has 6 nitrogen and oxygen atoms in total. The average Bonchev–Trinajstić information content (AvgIpc) is 3.14. The lowest BCUT2D eigenvalue weighted by molar-refractivity contribution is -0.131. The fraction of sp³-hybridized carbons (Fsp3) is 0.700. The number of ketones is 1. The summed E-state index contributed by atoms with van der Waals surface area (Å²) in [5.41, 5.74) is 1.55. The molecule has 0 spiro atoms. The Morgan fingerprint density at radius 1 is 1.19 bits per heavy atom. The van der Waals surface area contributed by atoms with Crippen LogP contribution in [0.25, 0.3) is 0 Å². The fourth-order valence-corrected chi connectivity index (χ4v) is 4.10. The zero-order chi connectivity index (χ0) is 18.5. The Balaban J connectivity index is 1.64. The summed E-state index contributed by atoms with van der Waals surface area (Å²) in [6.07, 6.45) is 9.95. The number of hydrogen-bond donors (Lipinski definition) is 1. The van der Waals surface area contributed by atoms with Crippen LogP contribution in [0.1, 0.15) is 74.8 Å². The van der Waals surface area contributed by atoms with Gasteiger partial charge in [-0.3, -0.25) is 9.59 Å². The highest BCUT2D eigenvalue weighted by molar-refractivity contribution is 5.94. The summed E-state index contributed by atoms with van der Waals surface area (Å²) in [7, 11) is 0. The Bertz CT molecular complexity index is 647. The van der Waals surface area contributed by atoms with Gasteiger partial charge in [-0.15, -0.1) is 0 Å². The van der Waals surface area contributed by atoms with Gasteiger partial charge in [0.1, 0.15) is 0 Å². The highest BCUT2D eigenvalue weighted by Gasteiger charge is 2.24. The second-order valence-electron chi connectivity index (χ2n) is 7.62. The summed E-state index contributed by atoms with van der Waals surface area (Å²) >= 11 is 0. The molecule has 2 fully saturated rings. The quantitative estimate of drug-likeness (QED) is 0.790.